The van der Waals surface area contributed by atoms with Gasteiger partial charge in [-0.05, 0) is 18.9 Å². The Morgan fingerprint density at radius 3 is 2.73 bits per heavy atom. The number of fused-ring (bicyclic) bond motifs is 1. The molecule has 2 aromatic rings. The van der Waals surface area contributed by atoms with Crippen molar-refractivity contribution in [3.05, 3.63) is 24.3 Å². The highest BCUT2D eigenvalue weighted by atomic mass is 19.1. The lowest BCUT2D eigenvalue weighted by molar-refractivity contribution is -0.122. The molecule has 4 rings (SSSR count). The zero-order valence-electron chi connectivity index (χ0n) is 14.7. The molecule has 1 aromatic carbocycles. The Morgan fingerprint density at radius 2 is 2.04 bits per heavy atom. The lowest BCUT2D eigenvalue weighted by atomic mass is 10.2. The summed E-state index contributed by atoms with van der Waals surface area (Å²) in [6.07, 6.45) is 3.66. The number of ether oxygens (including phenoxy) is 1. The summed E-state index contributed by atoms with van der Waals surface area (Å²) in [6, 6.07) is 3.42. The van der Waals surface area contributed by atoms with Crippen LogP contribution in [0, 0.1) is 5.82 Å². The molecule has 26 heavy (non-hydrogen) atoms. The van der Waals surface area contributed by atoms with Crippen molar-refractivity contribution in [3.8, 4) is 5.75 Å². The molecule has 0 bridgehead atoms. The highest BCUT2D eigenvalue weighted by Gasteiger charge is 2.26. The molecule has 1 aromatic heterocycles. The maximum absolute atomic E-state index is 13.9. The van der Waals surface area contributed by atoms with Gasteiger partial charge in [-0.1, -0.05) is 0 Å². The number of carbonyl (C=O) groups is 1. The Kier molecular flexibility index (Phi) is 4.58. The van der Waals surface area contributed by atoms with Crippen LogP contribution in [-0.4, -0.2) is 66.7 Å². The summed E-state index contributed by atoms with van der Waals surface area (Å²) in [7, 11) is 1.44. The van der Waals surface area contributed by atoms with E-state index in [2.05, 4.69) is 25.1 Å². The minimum Gasteiger partial charge on any atom is -0.494 e. The SMILES string of the molecule is COc1cc2c(N3CCN(CC(=O)NC4CC4)CC3)ncnc2cc1F. The lowest BCUT2D eigenvalue weighted by Gasteiger charge is -2.35. The van der Waals surface area contributed by atoms with E-state index >= 15 is 0 Å². The van der Waals surface area contributed by atoms with Crippen molar-refractivity contribution in [2.45, 2.75) is 18.9 Å². The monoisotopic (exact) mass is 359 g/mol. The maximum atomic E-state index is 13.9. The molecule has 0 radical (unpaired) electrons. The molecule has 0 unspecified atom stereocenters. The molecular formula is C18H22FN5O2. The quantitative estimate of drug-likeness (QED) is 0.864. The maximum Gasteiger partial charge on any atom is 0.234 e. The zero-order valence-corrected chi connectivity index (χ0v) is 14.7. The topological polar surface area (TPSA) is 70.6 Å². The van der Waals surface area contributed by atoms with Gasteiger partial charge in [0.1, 0.15) is 12.1 Å². The number of amides is 1. The lowest BCUT2D eigenvalue weighted by Crippen LogP contribution is -2.50. The van der Waals surface area contributed by atoms with Crippen LogP contribution in [0.2, 0.25) is 0 Å². The van der Waals surface area contributed by atoms with Gasteiger partial charge in [0.05, 0.1) is 19.2 Å². The van der Waals surface area contributed by atoms with Gasteiger partial charge in [0.2, 0.25) is 5.91 Å². The Hall–Kier alpha value is -2.48. The fraction of sp³-hybridized carbons (Fsp3) is 0.500. The van der Waals surface area contributed by atoms with Crippen molar-refractivity contribution in [3.63, 3.8) is 0 Å². The first-order valence-corrected chi connectivity index (χ1v) is 8.89. The first kappa shape index (κ1) is 17.0. The Morgan fingerprint density at radius 1 is 1.27 bits per heavy atom. The van der Waals surface area contributed by atoms with Crippen LogP contribution in [0.15, 0.2) is 18.5 Å². The van der Waals surface area contributed by atoms with E-state index in [1.165, 1.54) is 19.5 Å². The van der Waals surface area contributed by atoms with Crippen LogP contribution >= 0.6 is 0 Å². The molecule has 8 heteroatoms. The Bertz CT molecular complexity index is 819. The number of nitrogens with zero attached hydrogens (tertiary/aromatic N) is 4. The van der Waals surface area contributed by atoms with Crippen LogP contribution < -0.4 is 15.0 Å². The second-order valence-electron chi connectivity index (χ2n) is 6.81. The molecule has 7 nitrogen and oxygen atoms in total. The highest BCUT2D eigenvalue weighted by Crippen LogP contribution is 2.29. The number of aromatic nitrogens is 2. The highest BCUT2D eigenvalue weighted by molar-refractivity contribution is 5.90. The van der Waals surface area contributed by atoms with Crippen LogP contribution in [0.1, 0.15) is 12.8 Å². The van der Waals surface area contributed by atoms with E-state index in [0.717, 1.165) is 50.2 Å². The molecule has 0 atom stereocenters. The fourth-order valence-electron chi connectivity index (χ4n) is 3.27. The number of piperazine rings is 1. The molecule has 138 valence electrons. The predicted octanol–water partition coefficient (Wildman–Crippen LogP) is 1.18. The molecule has 1 amide bonds. The molecule has 1 aliphatic carbocycles. The van der Waals surface area contributed by atoms with Gasteiger partial charge in [-0.2, -0.15) is 0 Å². The number of hydrogen-bond acceptors (Lipinski definition) is 6. The largest absolute Gasteiger partial charge is 0.494 e. The average Bonchev–Trinajstić information content (AvgIpc) is 3.45. The second-order valence-corrected chi connectivity index (χ2v) is 6.81. The van der Waals surface area contributed by atoms with E-state index in [1.807, 2.05) is 0 Å². The van der Waals surface area contributed by atoms with Gasteiger partial charge in [0.25, 0.3) is 0 Å². The number of nitrogens with one attached hydrogen (secondary N) is 1. The summed E-state index contributed by atoms with van der Waals surface area (Å²) in [4.78, 5) is 24.8. The first-order chi connectivity index (χ1) is 12.6. The van der Waals surface area contributed by atoms with Gasteiger partial charge in [-0.3, -0.25) is 9.69 Å². The van der Waals surface area contributed by atoms with Gasteiger partial charge in [-0.15, -0.1) is 0 Å². The number of hydrogen-bond donors (Lipinski definition) is 1. The van der Waals surface area contributed by atoms with Crippen LogP contribution in [0.5, 0.6) is 5.75 Å². The molecule has 1 N–H and O–H groups in total. The van der Waals surface area contributed by atoms with Crippen molar-refractivity contribution in [2.24, 2.45) is 0 Å². The van der Waals surface area contributed by atoms with Crippen molar-refractivity contribution in [1.82, 2.24) is 20.2 Å². The summed E-state index contributed by atoms with van der Waals surface area (Å²) in [5.41, 5.74) is 0.555. The van der Waals surface area contributed by atoms with Crippen molar-refractivity contribution < 1.29 is 13.9 Å². The van der Waals surface area contributed by atoms with Gasteiger partial charge in [0, 0.05) is 43.7 Å². The summed E-state index contributed by atoms with van der Waals surface area (Å²) in [6.45, 7) is 3.50. The molecule has 1 saturated heterocycles. The minimum absolute atomic E-state index is 0.105. The molecule has 2 fully saturated rings. The first-order valence-electron chi connectivity index (χ1n) is 8.89. The van der Waals surface area contributed by atoms with Crippen LogP contribution in [0.4, 0.5) is 10.2 Å². The van der Waals surface area contributed by atoms with E-state index in [-0.39, 0.29) is 11.7 Å². The third kappa shape index (κ3) is 3.55. The molecular weight excluding hydrogens is 337 g/mol. The van der Waals surface area contributed by atoms with Crippen molar-refractivity contribution in [1.29, 1.82) is 0 Å². The summed E-state index contributed by atoms with van der Waals surface area (Å²) < 4.78 is 19.0. The van der Waals surface area contributed by atoms with Crippen LogP contribution in [0.3, 0.4) is 0 Å². The van der Waals surface area contributed by atoms with Gasteiger partial charge < -0.3 is 15.0 Å². The number of rotatable bonds is 5. The van der Waals surface area contributed by atoms with Crippen molar-refractivity contribution in [2.75, 3.05) is 44.7 Å². The van der Waals surface area contributed by atoms with Gasteiger partial charge in [-0.25, -0.2) is 14.4 Å². The van der Waals surface area contributed by atoms with Gasteiger partial charge >= 0.3 is 0 Å². The molecule has 2 aliphatic rings. The number of halogens is 1. The van der Waals surface area contributed by atoms with E-state index in [9.17, 15) is 9.18 Å². The van der Waals surface area contributed by atoms with E-state index in [0.29, 0.717) is 18.1 Å². The summed E-state index contributed by atoms with van der Waals surface area (Å²) in [5.74, 6) is 0.629. The Balaban J connectivity index is 1.46. The normalized spacial score (nSPS) is 18.2. The number of benzene rings is 1. The molecule has 0 spiro atoms. The molecule has 2 heterocycles. The van der Waals surface area contributed by atoms with Crippen LogP contribution in [-0.2, 0) is 4.79 Å². The smallest absolute Gasteiger partial charge is 0.234 e. The zero-order chi connectivity index (χ0) is 18.1. The third-order valence-electron chi connectivity index (χ3n) is 4.87. The second kappa shape index (κ2) is 7.03. The number of carbonyl (C=O) groups excluding carboxylic acids is 1. The summed E-state index contributed by atoms with van der Waals surface area (Å²) in [5, 5.41) is 3.79. The fourth-order valence-corrected chi connectivity index (χ4v) is 3.27. The van der Waals surface area contributed by atoms with E-state index in [1.54, 1.807) is 6.07 Å². The van der Waals surface area contributed by atoms with Crippen molar-refractivity contribution >= 4 is 22.6 Å². The van der Waals surface area contributed by atoms with E-state index < -0.39 is 5.82 Å². The third-order valence-corrected chi connectivity index (χ3v) is 4.87. The summed E-state index contributed by atoms with van der Waals surface area (Å²) >= 11 is 0. The number of anilines is 1. The Labute approximate surface area is 151 Å². The number of methoxy groups -OCH3 is 1. The average molecular weight is 359 g/mol. The van der Waals surface area contributed by atoms with Gasteiger partial charge in [0.15, 0.2) is 11.6 Å². The molecule has 1 aliphatic heterocycles. The standard InChI is InChI=1S/C18H22FN5O2/c1-26-16-8-13-15(9-14(16)19)20-11-21-18(13)24-6-4-23(5-7-24)10-17(25)22-12-2-3-12/h8-9,11-12H,2-7,10H2,1H3,(H,22,25). The molecule has 1 saturated carbocycles. The predicted molar refractivity (Wildman–Crippen MR) is 95.9 cm³/mol. The van der Waals surface area contributed by atoms with Crippen LogP contribution in [0.25, 0.3) is 10.9 Å². The minimum atomic E-state index is -0.434. The van der Waals surface area contributed by atoms with E-state index in [4.69, 9.17) is 4.74 Å².